The highest BCUT2D eigenvalue weighted by Crippen LogP contribution is 2.31. The third-order valence-corrected chi connectivity index (χ3v) is 6.53. The van der Waals surface area contributed by atoms with E-state index < -0.39 is 10.0 Å². The van der Waals surface area contributed by atoms with Crippen LogP contribution in [0.1, 0.15) is 31.8 Å². The van der Waals surface area contributed by atoms with Gasteiger partial charge in [-0.15, -0.1) is 5.10 Å². The number of nitrogens with zero attached hydrogens (tertiary/aromatic N) is 3. The molecule has 0 spiro atoms. The number of benzene rings is 2. The molecule has 0 aliphatic heterocycles. The van der Waals surface area contributed by atoms with Gasteiger partial charge < -0.3 is 14.8 Å². The van der Waals surface area contributed by atoms with Gasteiger partial charge in [-0.05, 0) is 62.7 Å². The highest BCUT2D eigenvalue weighted by molar-refractivity contribution is 7.92. The molecule has 0 atom stereocenters. The third-order valence-electron chi connectivity index (χ3n) is 5.15. The van der Waals surface area contributed by atoms with Crippen molar-refractivity contribution in [3.05, 3.63) is 64.3 Å². The molecule has 0 unspecified atom stereocenters. The topological polar surface area (TPSA) is 139 Å². The van der Waals surface area contributed by atoms with Crippen molar-refractivity contribution < 1.29 is 18.3 Å². The van der Waals surface area contributed by atoms with E-state index in [0.29, 0.717) is 47.1 Å². The van der Waals surface area contributed by atoms with E-state index in [1.807, 2.05) is 6.92 Å². The highest BCUT2D eigenvalue weighted by Gasteiger charge is 2.21. The number of nitrogens with one attached hydrogen (secondary N) is 2. The number of sulfonamides is 1. The number of phenols is 1. The maximum atomic E-state index is 13.0. The summed E-state index contributed by atoms with van der Waals surface area (Å²) >= 11 is 0. The second-order valence-corrected chi connectivity index (χ2v) is 9.35. The van der Waals surface area contributed by atoms with Gasteiger partial charge in [0.15, 0.2) is 11.3 Å². The molecule has 11 heteroatoms. The Balaban J connectivity index is 1.85. The number of phenolic OH excluding ortho intramolecular Hbond substituents is 1. The van der Waals surface area contributed by atoms with Crippen molar-refractivity contribution in [2.75, 3.05) is 11.3 Å². The zero-order valence-corrected chi connectivity index (χ0v) is 19.8. The minimum Gasteiger partial charge on any atom is -0.508 e. The van der Waals surface area contributed by atoms with E-state index in [2.05, 4.69) is 19.8 Å². The van der Waals surface area contributed by atoms with Crippen molar-refractivity contribution in [3.63, 3.8) is 0 Å². The summed E-state index contributed by atoms with van der Waals surface area (Å²) in [5.74, 6) is 1.21. The molecule has 2 heterocycles. The number of imidazole rings is 1. The summed E-state index contributed by atoms with van der Waals surface area (Å²) in [6.07, 6.45) is 1.46. The van der Waals surface area contributed by atoms with Gasteiger partial charge in [-0.2, -0.15) is 0 Å². The Hall–Kier alpha value is -3.86. The van der Waals surface area contributed by atoms with Crippen LogP contribution >= 0.6 is 0 Å². The first-order valence-corrected chi connectivity index (χ1v) is 12.3. The summed E-state index contributed by atoms with van der Waals surface area (Å²) in [6.45, 7) is 5.90. The van der Waals surface area contributed by atoms with Crippen molar-refractivity contribution in [3.8, 4) is 22.9 Å². The molecule has 2 aromatic carbocycles. The number of ether oxygens (including phenoxy) is 1. The number of aryl methyl sites for hydroxylation is 2. The molecule has 4 aromatic rings. The number of hydrogen-bond donors (Lipinski definition) is 3. The van der Waals surface area contributed by atoms with Crippen LogP contribution in [0.2, 0.25) is 0 Å². The normalized spacial score (nSPS) is 11.6. The lowest BCUT2D eigenvalue weighted by Gasteiger charge is -2.13. The van der Waals surface area contributed by atoms with Crippen LogP contribution in [0.4, 0.5) is 5.69 Å². The number of rotatable bonds is 8. The van der Waals surface area contributed by atoms with E-state index in [1.54, 1.807) is 13.8 Å². The number of aromatic nitrogens is 4. The van der Waals surface area contributed by atoms with E-state index in [4.69, 9.17) is 4.74 Å². The lowest BCUT2D eigenvalue weighted by Crippen LogP contribution is -2.17. The fraction of sp³-hybridized carbons (Fsp3) is 0.261. The van der Waals surface area contributed by atoms with Crippen molar-refractivity contribution in [1.82, 2.24) is 19.6 Å². The molecule has 0 aliphatic carbocycles. The van der Waals surface area contributed by atoms with E-state index in [0.717, 1.165) is 6.42 Å². The number of H-pyrrole nitrogens is 1. The first kappa shape index (κ1) is 23.3. The SMILES string of the molecule is CCCc1nc(C)c2c(=O)[nH]c(-c3cc(S(=O)(=O)Nc4ccc(O)cc4)ccc3OCC)nn12. The minimum absolute atomic E-state index is 0.0221. The first-order valence-electron chi connectivity index (χ1n) is 10.8. The molecule has 34 heavy (non-hydrogen) atoms. The Morgan fingerprint density at radius 2 is 1.88 bits per heavy atom. The van der Waals surface area contributed by atoms with Crippen molar-refractivity contribution >= 4 is 21.2 Å². The second kappa shape index (κ2) is 9.18. The first-order chi connectivity index (χ1) is 16.2. The predicted octanol–water partition coefficient (Wildman–Crippen LogP) is 3.25. The van der Waals surface area contributed by atoms with Crippen molar-refractivity contribution in [2.24, 2.45) is 0 Å². The summed E-state index contributed by atoms with van der Waals surface area (Å²) in [4.78, 5) is 20.1. The third kappa shape index (κ3) is 4.46. The van der Waals surface area contributed by atoms with Gasteiger partial charge in [0.05, 0.1) is 22.8 Å². The molecule has 10 nitrogen and oxygen atoms in total. The van der Waals surface area contributed by atoms with Crippen LogP contribution in [0.25, 0.3) is 16.9 Å². The Bertz CT molecular complexity index is 1510. The van der Waals surface area contributed by atoms with Crippen LogP contribution in [-0.4, -0.2) is 39.7 Å². The Morgan fingerprint density at radius 1 is 1.15 bits per heavy atom. The van der Waals surface area contributed by atoms with Crippen LogP contribution in [0.15, 0.2) is 52.2 Å². The van der Waals surface area contributed by atoms with Gasteiger partial charge in [-0.1, -0.05) is 6.92 Å². The number of anilines is 1. The predicted molar refractivity (Wildman–Crippen MR) is 128 cm³/mol. The van der Waals surface area contributed by atoms with E-state index >= 15 is 0 Å². The molecule has 178 valence electrons. The second-order valence-electron chi connectivity index (χ2n) is 7.67. The fourth-order valence-electron chi connectivity index (χ4n) is 3.63. The maximum absolute atomic E-state index is 13.0. The van der Waals surface area contributed by atoms with Crippen LogP contribution in [-0.2, 0) is 16.4 Å². The van der Waals surface area contributed by atoms with Crippen LogP contribution in [0.5, 0.6) is 11.5 Å². The average Bonchev–Trinajstić information content (AvgIpc) is 3.11. The lowest BCUT2D eigenvalue weighted by molar-refractivity contribution is 0.341. The summed E-state index contributed by atoms with van der Waals surface area (Å²) in [6, 6.07) is 10.0. The van der Waals surface area contributed by atoms with Gasteiger partial charge in [0, 0.05) is 12.1 Å². The monoisotopic (exact) mass is 483 g/mol. The van der Waals surface area contributed by atoms with E-state index in [-0.39, 0.29) is 22.0 Å². The number of aromatic amines is 1. The van der Waals surface area contributed by atoms with Crippen LogP contribution in [0.3, 0.4) is 0 Å². The molecule has 3 N–H and O–H groups in total. The Labute approximate surface area is 196 Å². The Morgan fingerprint density at radius 3 is 2.56 bits per heavy atom. The average molecular weight is 484 g/mol. The maximum Gasteiger partial charge on any atom is 0.277 e. The molecule has 4 rings (SSSR count). The zero-order chi connectivity index (χ0) is 24.5. The summed E-state index contributed by atoms with van der Waals surface area (Å²) in [5, 5.41) is 14.0. The highest BCUT2D eigenvalue weighted by atomic mass is 32.2. The van der Waals surface area contributed by atoms with Crippen LogP contribution in [0, 0.1) is 6.92 Å². The standard InChI is InChI=1S/C23H25N5O5S/c1-4-6-20-24-14(3)21-23(30)25-22(26-28(20)21)18-13-17(11-12-19(18)33-5-2)34(31,32)27-15-7-9-16(29)10-8-15/h7-13,27,29H,4-6H2,1-3H3,(H,25,26,30). The quantitative estimate of drug-likeness (QED) is 0.327. The molecule has 0 fully saturated rings. The van der Waals surface area contributed by atoms with Gasteiger partial charge >= 0.3 is 0 Å². The lowest BCUT2D eigenvalue weighted by atomic mass is 10.2. The number of aromatic hydroxyl groups is 1. The van der Waals surface area contributed by atoms with Gasteiger partial charge in [0.1, 0.15) is 17.3 Å². The smallest absolute Gasteiger partial charge is 0.277 e. The van der Waals surface area contributed by atoms with Crippen LogP contribution < -0.4 is 15.0 Å². The number of fused-ring (bicyclic) bond motifs is 1. The van der Waals surface area contributed by atoms with Crippen molar-refractivity contribution in [1.29, 1.82) is 0 Å². The fourth-order valence-corrected chi connectivity index (χ4v) is 4.71. The molecule has 0 saturated heterocycles. The van der Waals surface area contributed by atoms with E-state index in [9.17, 15) is 18.3 Å². The Kier molecular flexibility index (Phi) is 6.29. The minimum atomic E-state index is -3.98. The molecule has 2 aromatic heterocycles. The molecular formula is C23H25N5O5S. The van der Waals surface area contributed by atoms with Gasteiger partial charge in [0.25, 0.3) is 15.6 Å². The summed E-state index contributed by atoms with van der Waals surface area (Å²) < 4.78 is 35.8. The molecule has 0 saturated carbocycles. The molecule has 0 bridgehead atoms. The molecule has 0 aliphatic rings. The van der Waals surface area contributed by atoms with Gasteiger partial charge in [-0.3, -0.25) is 9.52 Å². The van der Waals surface area contributed by atoms with Gasteiger partial charge in [0.2, 0.25) is 0 Å². The molecular weight excluding hydrogens is 458 g/mol. The van der Waals surface area contributed by atoms with E-state index in [1.165, 1.54) is 47.0 Å². The molecule has 0 radical (unpaired) electrons. The molecule has 0 amide bonds. The largest absolute Gasteiger partial charge is 0.508 e. The van der Waals surface area contributed by atoms with Crippen molar-refractivity contribution in [2.45, 2.75) is 38.5 Å². The zero-order valence-electron chi connectivity index (χ0n) is 19.0. The number of hydrogen-bond acceptors (Lipinski definition) is 7. The summed E-state index contributed by atoms with van der Waals surface area (Å²) in [5.41, 5.74) is 1.16. The summed E-state index contributed by atoms with van der Waals surface area (Å²) in [7, 11) is -3.98. The van der Waals surface area contributed by atoms with Gasteiger partial charge in [-0.25, -0.2) is 17.9 Å².